The predicted octanol–water partition coefficient (Wildman–Crippen LogP) is 2.22. The summed E-state index contributed by atoms with van der Waals surface area (Å²) in [6.07, 6.45) is 0.314. The van der Waals surface area contributed by atoms with E-state index in [1.54, 1.807) is 13.8 Å². The quantitative estimate of drug-likeness (QED) is 0.655. The summed E-state index contributed by atoms with van der Waals surface area (Å²) in [5, 5.41) is 0. The zero-order chi connectivity index (χ0) is 16.4. The van der Waals surface area contributed by atoms with Gasteiger partial charge in [-0.25, -0.2) is 0 Å². The molecule has 1 unspecified atom stereocenters. The van der Waals surface area contributed by atoms with Crippen molar-refractivity contribution in [2.24, 2.45) is 0 Å². The van der Waals surface area contributed by atoms with Gasteiger partial charge in [0, 0.05) is 13.1 Å². The molecule has 1 aromatic rings. The fraction of sp³-hybridized carbons (Fsp3) is 0.529. The summed E-state index contributed by atoms with van der Waals surface area (Å²) < 4.78 is 10.1. The zero-order valence-corrected chi connectivity index (χ0v) is 13.6. The maximum absolute atomic E-state index is 12.2. The second kappa shape index (κ2) is 9.95. The average molecular weight is 307 g/mol. The molecule has 0 aromatic heterocycles. The molecule has 0 spiro atoms. The molecular formula is C17H25NO4. The number of carbonyl (C=O) groups excluding carboxylic acids is 2. The van der Waals surface area contributed by atoms with E-state index < -0.39 is 0 Å². The molecule has 0 aliphatic rings. The number of nitrogens with zero attached hydrogens (tertiary/aromatic N) is 1. The lowest BCUT2D eigenvalue weighted by atomic mass is 9.98. The Morgan fingerprint density at radius 1 is 1.09 bits per heavy atom. The van der Waals surface area contributed by atoms with Crippen molar-refractivity contribution in [2.75, 3.05) is 33.4 Å². The molecule has 5 nitrogen and oxygen atoms in total. The van der Waals surface area contributed by atoms with Crippen molar-refractivity contribution in [1.82, 2.24) is 4.90 Å². The Labute approximate surface area is 132 Å². The largest absolute Gasteiger partial charge is 0.466 e. The van der Waals surface area contributed by atoms with Crippen molar-refractivity contribution >= 4 is 11.9 Å². The molecule has 22 heavy (non-hydrogen) atoms. The molecule has 0 saturated heterocycles. The number of benzene rings is 1. The van der Waals surface area contributed by atoms with Crippen LogP contribution < -0.4 is 0 Å². The molecule has 5 heteroatoms. The summed E-state index contributed by atoms with van der Waals surface area (Å²) >= 11 is 0. The van der Waals surface area contributed by atoms with Crippen LogP contribution in [0.5, 0.6) is 0 Å². The minimum absolute atomic E-state index is 0.221. The molecule has 0 N–H and O–H groups in total. The van der Waals surface area contributed by atoms with Crippen LogP contribution in [0.2, 0.25) is 0 Å². The minimum Gasteiger partial charge on any atom is -0.466 e. The number of carbonyl (C=O) groups is 2. The van der Waals surface area contributed by atoms with Gasteiger partial charge in [0.05, 0.1) is 25.6 Å². The van der Waals surface area contributed by atoms with E-state index in [0.717, 1.165) is 5.56 Å². The highest BCUT2D eigenvalue weighted by molar-refractivity contribution is 5.78. The third-order valence-electron chi connectivity index (χ3n) is 3.27. The highest BCUT2D eigenvalue weighted by Crippen LogP contribution is 2.18. The van der Waals surface area contributed by atoms with E-state index in [1.165, 1.54) is 0 Å². The van der Waals surface area contributed by atoms with Gasteiger partial charge in [-0.05, 0) is 26.5 Å². The third-order valence-corrected chi connectivity index (χ3v) is 3.27. The summed E-state index contributed by atoms with van der Waals surface area (Å²) in [4.78, 5) is 25.5. The molecule has 0 aliphatic carbocycles. The van der Waals surface area contributed by atoms with Gasteiger partial charge in [0.25, 0.3) is 0 Å². The molecule has 0 radical (unpaired) electrons. The lowest BCUT2D eigenvalue weighted by Crippen LogP contribution is -2.31. The average Bonchev–Trinajstić information content (AvgIpc) is 2.52. The second-order valence-electron chi connectivity index (χ2n) is 5.03. The molecule has 0 aliphatic heterocycles. The molecule has 0 bridgehead atoms. The highest BCUT2D eigenvalue weighted by atomic mass is 16.5. The van der Waals surface area contributed by atoms with E-state index in [1.807, 2.05) is 42.3 Å². The predicted molar refractivity (Wildman–Crippen MR) is 84.6 cm³/mol. The molecule has 0 fully saturated rings. The van der Waals surface area contributed by atoms with Crippen molar-refractivity contribution in [3.63, 3.8) is 0 Å². The van der Waals surface area contributed by atoms with E-state index in [2.05, 4.69) is 0 Å². The number of likely N-dealkylation sites (N-methyl/N-ethyl adjacent to an activating group) is 1. The maximum atomic E-state index is 12.2. The van der Waals surface area contributed by atoms with Crippen LogP contribution >= 0.6 is 0 Å². The van der Waals surface area contributed by atoms with Crippen LogP contribution in [0.4, 0.5) is 0 Å². The van der Waals surface area contributed by atoms with E-state index in [4.69, 9.17) is 9.47 Å². The first-order chi connectivity index (χ1) is 10.6. The van der Waals surface area contributed by atoms with Gasteiger partial charge in [-0.2, -0.15) is 0 Å². The Bertz CT molecular complexity index is 461. The summed E-state index contributed by atoms with van der Waals surface area (Å²) in [6, 6.07) is 9.55. The Morgan fingerprint density at radius 2 is 1.73 bits per heavy atom. The summed E-state index contributed by atoms with van der Waals surface area (Å²) in [5.74, 6) is -0.813. The smallest absolute Gasteiger partial charge is 0.314 e. The van der Waals surface area contributed by atoms with Crippen LogP contribution in [0.1, 0.15) is 31.7 Å². The molecular weight excluding hydrogens is 282 g/mol. The summed E-state index contributed by atoms with van der Waals surface area (Å²) in [5.41, 5.74) is 0.920. The van der Waals surface area contributed by atoms with Gasteiger partial charge >= 0.3 is 11.9 Å². The lowest BCUT2D eigenvalue weighted by molar-refractivity contribution is -0.145. The minimum atomic E-state index is -0.353. The van der Waals surface area contributed by atoms with Gasteiger partial charge in [0.15, 0.2) is 0 Å². The Morgan fingerprint density at radius 3 is 2.32 bits per heavy atom. The molecule has 122 valence electrons. The first-order valence-electron chi connectivity index (χ1n) is 7.64. The maximum Gasteiger partial charge on any atom is 0.314 e. The van der Waals surface area contributed by atoms with Gasteiger partial charge in [0.2, 0.25) is 0 Å². The Hall–Kier alpha value is -1.88. The van der Waals surface area contributed by atoms with Gasteiger partial charge in [-0.15, -0.1) is 0 Å². The standard InChI is InChI=1S/C17H25NO4/c1-4-21-16(19)11-12-18(3)13-15(17(20)22-5-2)14-9-7-6-8-10-14/h6-10,15H,4-5,11-13H2,1-3H3. The van der Waals surface area contributed by atoms with Crippen LogP contribution in [-0.2, 0) is 19.1 Å². The monoisotopic (exact) mass is 307 g/mol. The molecule has 1 atom stereocenters. The Kier molecular flexibility index (Phi) is 8.22. The Balaban J connectivity index is 2.64. The lowest BCUT2D eigenvalue weighted by Gasteiger charge is -2.23. The van der Waals surface area contributed by atoms with Gasteiger partial charge in [0.1, 0.15) is 0 Å². The molecule has 0 heterocycles. The number of hydrogen-bond donors (Lipinski definition) is 0. The summed E-state index contributed by atoms with van der Waals surface area (Å²) in [6.45, 7) is 5.37. The first kappa shape index (κ1) is 18.2. The van der Waals surface area contributed by atoms with Crippen molar-refractivity contribution < 1.29 is 19.1 Å². The highest BCUT2D eigenvalue weighted by Gasteiger charge is 2.23. The molecule has 0 saturated carbocycles. The van der Waals surface area contributed by atoms with Gasteiger partial charge in [-0.3, -0.25) is 9.59 Å². The van der Waals surface area contributed by atoms with Gasteiger partial charge in [-0.1, -0.05) is 30.3 Å². The van der Waals surface area contributed by atoms with Crippen LogP contribution in [0, 0.1) is 0 Å². The third kappa shape index (κ3) is 6.26. The first-order valence-corrected chi connectivity index (χ1v) is 7.64. The fourth-order valence-corrected chi connectivity index (χ4v) is 2.16. The normalized spacial score (nSPS) is 12.0. The van der Waals surface area contributed by atoms with E-state index in [9.17, 15) is 9.59 Å². The van der Waals surface area contributed by atoms with Crippen molar-refractivity contribution in [1.29, 1.82) is 0 Å². The topological polar surface area (TPSA) is 55.8 Å². The second-order valence-corrected chi connectivity index (χ2v) is 5.03. The van der Waals surface area contributed by atoms with Crippen molar-refractivity contribution in [3.05, 3.63) is 35.9 Å². The van der Waals surface area contributed by atoms with E-state index in [0.29, 0.717) is 32.7 Å². The number of hydrogen-bond acceptors (Lipinski definition) is 5. The zero-order valence-electron chi connectivity index (χ0n) is 13.6. The van der Waals surface area contributed by atoms with Crippen molar-refractivity contribution in [3.8, 4) is 0 Å². The molecule has 0 amide bonds. The van der Waals surface area contributed by atoms with Crippen LogP contribution in [0.15, 0.2) is 30.3 Å². The van der Waals surface area contributed by atoms with Crippen LogP contribution in [0.3, 0.4) is 0 Å². The van der Waals surface area contributed by atoms with Gasteiger partial charge < -0.3 is 14.4 Å². The van der Waals surface area contributed by atoms with Crippen LogP contribution in [0.25, 0.3) is 0 Å². The number of esters is 2. The van der Waals surface area contributed by atoms with Crippen molar-refractivity contribution in [2.45, 2.75) is 26.2 Å². The molecule has 1 aromatic carbocycles. The van der Waals surface area contributed by atoms with Crippen LogP contribution in [-0.4, -0.2) is 50.2 Å². The van der Waals surface area contributed by atoms with E-state index >= 15 is 0 Å². The fourth-order valence-electron chi connectivity index (χ4n) is 2.16. The summed E-state index contributed by atoms with van der Waals surface area (Å²) in [7, 11) is 1.88. The van der Waals surface area contributed by atoms with E-state index in [-0.39, 0.29) is 17.9 Å². The number of rotatable bonds is 9. The SMILES string of the molecule is CCOC(=O)CCN(C)CC(C(=O)OCC)c1ccccc1. The number of ether oxygens (including phenoxy) is 2. The molecule has 1 rings (SSSR count).